The lowest BCUT2D eigenvalue weighted by atomic mass is 10.1. The molecule has 0 aliphatic carbocycles. The maximum atomic E-state index is 13.9. The van der Waals surface area contributed by atoms with Gasteiger partial charge in [-0.2, -0.15) is 0 Å². The molecule has 27 heavy (non-hydrogen) atoms. The quantitative estimate of drug-likeness (QED) is 0.382. The number of nitro benzene ring substituents is 1. The fourth-order valence-corrected chi connectivity index (χ4v) is 2.68. The zero-order chi connectivity index (χ0) is 19.6. The van der Waals surface area contributed by atoms with Crippen molar-refractivity contribution in [3.8, 4) is 5.75 Å². The van der Waals surface area contributed by atoms with Crippen LogP contribution in [0.25, 0.3) is 10.9 Å². The number of hydrogen-bond acceptors (Lipinski definition) is 6. The van der Waals surface area contributed by atoms with Crippen LogP contribution in [0.15, 0.2) is 36.4 Å². The van der Waals surface area contributed by atoms with Crippen molar-refractivity contribution in [3.63, 3.8) is 0 Å². The Labute approximate surface area is 153 Å². The Hall–Kier alpha value is -3.62. The van der Waals surface area contributed by atoms with Gasteiger partial charge in [-0.05, 0) is 31.2 Å². The summed E-state index contributed by atoms with van der Waals surface area (Å²) in [6.45, 7) is 1.83. The van der Waals surface area contributed by atoms with Crippen LogP contribution in [0.4, 0.5) is 21.5 Å². The van der Waals surface area contributed by atoms with Crippen LogP contribution in [0.1, 0.15) is 17.4 Å². The van der Waals surface area contributed by atoms with Crippen LogP contribution in [-0.4, -0.2) is 29.6 Å². The third-order valence-corrected chi connectivity index (χ3v) is 3.89. The Morgan fingerprint density at radius 2 is 2.07 bits per heavy atom. The molecule has 9 heteroatoms. The Balaban J connectivity index is 2.07. The van der Waals surface area contributed by atoms with Crippen molar-refractivity contribution in [1.29, 1.82) is 0 Å². The number of rotatable bonds is 6. The number of nitrogens with one attached hydrogen (secondary N) is 2. The number of carbonyl (C=O) groups is 1. The molecule has 140 valence electrons. The standard InChI is InChI=1S/C18H16FN3O5/c1-3-27-18(23)14-9-11-13(5-6-15(22(24)25)17(11)21-14)20-10-4-7-16(26-2)12(19)8-10/h4-9,20-21H,3H2,1-2H3. The number of non-ortho nitro benzene ring substituents is 1. The Morgan fingerprint density at radius 3 is 2.70 bits per heavy atom. The number of nitrogens with zero attached hydrogens (tertiary/aromatic N) is 1. The maximum Gasteiger partial charge on any atom is 0.354 e. The third-order valence-electron chi connectivity index (χ3n) is 3.89. The number of aromatic nitrogens is 1. The van der Waals surface area contributed by atoms with E-state index in [9.17, 15) is 19.3 Å². The fraction of sp³-hybridized carbons (Fsp3) is 0.167. The first-order valence-electron chi connectivity index (χ1n) is 8.02. The first-order chi connectivity index (χ1) is 12.9. The molecule has 3 rings (SSSR count). The van der Waals surface area contributed by atoms with Crippen LogP contribution < -0.4 is 10.1 Å². The third kappa shape index (κ3) is 3.52. The van der Waals surface area contributed by atoms with Crippen LogP contribution in [0, 0.1) is 15.9 Å². The normalized spacial score (nSPS) is 10.6. The molecular formula is C18H16FN3O5. The summed E-state index contributed by atoms with van der Waals surface area (Å²) in [4.78, 5) is 25.4. The highest BCUT2D eigenvalue weighted by Crippen LogP contribution is 2.34. The van der Waals surface area contributed by atoms with E-state index >= 15 is 0 Å². The largest absolute Gasteiger partial charge is 0.494 e. The van der Waals surface area contributed by atoms with E-state index in [1.54, 1.807) is 13.0 Å². The highest BCUT2D eigenvalue weighted by Gasteiger charge is 2.20. The van der Waals surface area contributed by atoms with Gasteiger partial charge in [0.2, 0.25) is 0 Å². The molecule has 0 amide bonds. The van der Waals surface area contributed by atoms with E-state index in [1.165, 1.54) is 37.4 Å². The average Bonchev–Trinajstić information content (AvgIpc) is 3.08. The van der Waals surface area contributed by atoms with Crippen molar-refractivity contribution in [2.45, 2.75) is 6.92 Å². The molecule has 2 N–H and O–H groups in total. The lowest BCUT2D eigenvalue weighted by Gasteiger charge is -2.09. The molecule has 0 bridgehead atoms. The van der Waals surface area contributed by atoms with Gasteiger partial charge in [0.25, 0.3) is 5.69 Å². The summed E-state index contributed by atoms with van der Waals surface area (Å²) in [5, 5.41) is 14.7. The van der Waals surface area contributed by atoms with E-state index < -0.39 is 16.7 Å². The van der Waals surface area contributed by atoms with E-state index in [4.69, 9.17) is 9.47 Å². The molecular weight excluding hydrogens is 357 g/mol. The van der Waals surface area contributed by atoms with E-state index in [-0.39, 0.29) is 29.3 Å². The number of fused-ring (bicyclic) bond motifs is 1. The van der Waals surface area contributed by atoms with E-state index in [0.29, 0.717) is 16.8 Å². The van der Waals surface area contributed by atoms with Gasteiger partial charge in [0.15, 0.2) is 11.6 Å². The van der Waals surface area contributed by atoms with Crippen molar-refractivity contribution in [2.75, 3.05) is 19.0 Å². The van der Waals surface area contributed by atoms with E-state index in [2.05, 4.69) is 10.3 Å². The summed E-state index contributed by atoms with van der Waals surface area (Å²) in [7, 11) is 1.36. The Kier molecular flexibility index (Phi) is 4.93. The zero-order valence-electron chi connectivity index (χ0n) is 14.5. The second-order valence-electron chi connectivity index (χ2n) is 5.56. The number of aromatic amines is 1. The molecule has 0 atom stereocenters. The number of halogens is 1. The summed E-state index contributed by atoms with van der Waals surface area (Å²) < 4.78 is 23.7. The number of esters is 1. The number of carbonyl (C=O) groups excluding carboxylic acids is 1. The molecule has 0 fully saturated rings. The van der Waals surface area contributed by atoms with Gasteiger partial charge in [-0.3, -0.25) is 10.1 Å². The summed E-state index contributed by atoms with van der Waals surface area (Å²) in [6.07, 6.45) is 0. The van der Waals surface area contributed by atoms with E-state index in [0.717, 1.165) is 0 Å². The average molecular weight is 373 g/mol. The summed E-state index contributed by atoms with van der Waals surface area (Å²) in [5.41, 5.74) is 0.952. The van der Waals surface area contributed by atoms with Crippen LogP contribution in [-0.2, 0) is 4.74 Å². The minimum Gasteiger partial charge on any atom is -0.494 e. The first-order valence-corrected chi connectivity index (χ1v) is 8.02. The lowest BCUT2D eigenvalue weighted by molar-refractivity contribution is -0.383. The van der Waals surface area contributed by atoms with Gasteiger partial charge < -0.3 is 19.8 Å². The van der Waals surface area contributed by atoms with Crippen molar-refractivity contribution in [1.82, 2.24) is 4.98 Å². The Bertz CT molecular complexity index is 1030. The van der Waals surface area contributed by atoms with Crippen molar-refractivity contribution in [2.24, 2.45) is 0 Å². The van der Waals surface area contributed by atoms with Gasteiger partial charge in [0.05, 0.1) is 18.6 Å². The smallest absolute Gasteiger partial charge is 0.354 e. The Morgan fingerprint density at radius 1 is 1.30 bits per heavy atom. The van der Waals surface area contributed by atoms with E-state index in [1.807, 2.05) is 0 Å². The van der Waals surface area contributed by atoms with Crippen LogP contribution in [0.5, 0.6) is 5.75 Å². The molecule has 0 saturated carbocycles. The number of methoxy groups -OCH3 is 1. The molecule has 8 nitrogen and oxygen atoms in total. The van der Waals surface area contributed by atoms with Crippen LogP contribution in [0.3, 0.4) is 0 Å². The topological polar surface area (TPSA) is 106 Å². The summed E-state index contributed by atoms with van der Waals surface area (Å²) in [6, 6.07) is 8.56. The van der Waals surface area contributed by atoms with Gasteiger partial charge in [-0.1, -0.05) is 0 Å². The molecule has 3 aromatic rings. The molecule has 0 aliphatic rings. The molecule has 0 aliphatic heterocycles. The summed E-state index contributed by atoms with van der Waals surface area (Å²) in [5.74, 6) is -1.08. The molecule has 0 unspecified atom stereocenters. The number of ether oxygens (including phenoxy) is 2. The fourth-order valence-electron chi connectivity index (χ4n) is 2.68. The van der Waals surface area contributed by atoms with Gasteiger partial charge in [-0.25, -0.2) is 9.18 Å². The summed E-state index contributed by atoms with van der Waals surface area (Å²) >= 11 is 0. The minimum absolute atomic E-state index is 0.0881. The number of nitro groups is 1. The van der Waals surface area contributed by atoms with Gasteiger partial charge in [-0.15, -0.1) is 0 Å². The molecule has 1 aromatic heterocycles. The van der Waals surface area contributed by atoms with Crippen LogP contribution >= 0.6 is 0 Å². The van der Waals surface area contributed by atoms with Crippen molar-refractivity contribution < 1.29 is 23.6 Å². The number of benzene rings is 2. The lowest BCUT2D eigenvalue weighted by Crippen LogP contribution is -2.04. The number of hydrogen-bond donors (Lipinski definition) is 2. The predicted octanol–water partition coefficient (Wildman–Crippen LogP) is 4.14. The molecule has 1 heterocycles. The molecule has 0 saturated heterocycles. The maximum absolute atomic E-state index is 13.9. The first kappa shape index (κ1) is 18.2. The predicted molar refractivity (Wildman–Crippen MR) is 97.1 cm³/mol. The molecule has 2 aromatic carbocycles. The van der Waals surface area contributed by atoms with Gasteiger partial charge >= 0.3 is 5.97 Å². The second kappa shape index (κ2) is 7.32. The number of H-pyrrole nitrogens is 1. The molecule has 0 radical (unpaired) electrons. The highest BCUT2D eigenvalue weighted by molar-refractivity contribution is 6.04. The van der Waals surface area contributed by atoms with Crippen molar-refractivity contribution >= 4 is 33.9 Å². The van der Waals surface area contributed by atoms with Crippen molar-refractivity contribution in [3.05, 3.63) is 58.0 Å². The minimum atomic E-state index is -0.621. The zero-order valence-corrected chi connectivity index (χ0v) is 14.5. The van der Waals surface area contributed by atoms with Gasteiger partial charge in [0, 0.05) is 28.9 Å². The van der Waals surface area contributed by atoms with Crippen LogP contribution in [0.2, 0.25) is 0 Å². The SMILES string of the molecule is CCOC(=O)c1cc2c(Nc3ccc(OC)c(F)c3)ccc([N+](=O)[O-])c2[nH]1. The monoisotopic (exact) mass is 373 g/mol. The molecule has 0 spiro atoms. The van der Waals surface area contributed by atoms with Gasteiger partial charge in [0.1, 0.15) is 11.2 Å². The number of anilines is 2. The second-order valence-corrected chi connectivity index (χ2v) is 5.56. The highest BCUT2D eigenvalue weighted by atomic mass is 19.1.